The average molecular weight is 571 g/mol. The molecule has 0 bridgehead atoms. The highest BCUT2D eigenvalue weighted by atomic mass is 19.1. The first-order chi connectivity index (χ1) is 20.3. The minimum Gasteiger partial charge on any atom is -0.477 e. The lowest BCUT2D eigenvalue weighted by atomic mass is 9.90. The molecule has 0 spiro atoms. The summed E-state index contributed by atoms with van der Waals surface area (Å²) in [5.41, 5.74) is 6.49. The summed E-state index contributed by atoms with van der Waals surface area (Å²) >= 11 is 0. The van der Waals surface area contributed by atoms with Crippen molar-refractivity contribution in [3.63, 3.8) is 0 Å². The third-order valence-electron chi connectivity index (χ3n) is 9.02. The Labute approximate surface area is 239 Å². The van der Waals surface area contributed by atoms with E-state index in [4.69, 9.17) is 4.98 Å². The zero-order valence-electron chi connectivity index (χ0n) is 23.5. The van der Waals surface area contributed by atoms with E-state index in [0.717, 1.165) is 48.2 Å². The van der Waals surface area contributed by atoms with Crippen LogP contribution in [0.15, 0.2) is 41.6 Å². The van der Waals surface area contributed by atoms with Crippen LogP contribution in [0.5, 0.6) is 0 Å². The van der Waals surface area contributed by atoms with Gasteiger partial charge in [-0.3, -0.25) is 4.79 Å². The molecular formula is C30H31FN8O3. The van der Waals surface area contributed by atoms with Crippen molar-refractivity contribution in [1.82, 2.24) is 24.5 Å². The van der Waals surface area contributed by atoms with E-state index in [9.17, 15) is 19.1 Å². The van der Waals surface area contributed by atoms with E-state index in [2.05, 4.69) is 37.6 Å². The van der Waals surface area contributed by atoms with Gasteiger partial charge in [-0.15, -0.1) is 0 Å². The summed E-state index contributed by atoms with van der Waals surface area (Å²) in [6.07, 6.45) is 6.87. The number of nitrogens with zero attached hydrogens (tertiary/aromatic N) is 5. The van der Waals surface area contributed by atoms with Crippen molar-refractivity contribution in [2.45, 2.75) is 18.9 Å². The number of rotatable bonds is 5. The molecule has 0 amide bonds. The second-order valence-corrected chi connectivity index (χ2v) is 11.2. The van der Waals surface area contributed by atoms with Crippen molar-refractivity contribution in [1.29, 1.82) is 0 Å². The summed E-state index contributed by atoms with van der Waals surface area (Å²) in [6.45, 7) is 2.67. The number of halogens is 1. The number of nitrogens with one attached hydrogen (secondary N) is 3. The lowest BCUT2D eigenvalue weighted by Gasteiger charge is -2.39. The zero-order chi connectivity index (χ0) is 29.3. The van der Waals surface area contributed by atoms with Crippen LogP contribution >= 0.6 is 0 Å². The van der Waals surface area contributed by atoms with Gasteiger partial charge < -0.3 is 30.6 Å². The van der Waals surface area contributed by atoms with Crippen molar-refractivity contribution in [2.75, 3.05) is 56.4 Å². The topological polar surface area (TPSA) is 131 Å². The number of piperidine rings is 1. The predicted octanol–water partition coefficient (Wildman–Crippen LogP) is 3.68. The quantitative estimate of drug-likeness (QED) is 0.250. The van der Waals surface area contributed by atoms with Crippen molar-refractivity contribution < 1.29 is 14.3 Å². The maximum absolute atomic E-state index is 14.9. The summed E-state index contributed by atoms with van der Waals surface area (Å²) < 4.78 is 16.3. The van der Waals surface area contributed by atoms with Gasteiger partial charge in [-0.2, -0.15) is 0 Å². The molecule has 11 nitrogen and oxygen atoms in total. The summed E-state index contributed by atoms with van der Waals surface area (Å²) in [6, 6.07) is 5.06. The fraction of sp³-hybridized carbons (Fsp3) is 0.333. The van der Waals surface area contributed by atoms with E-state index in [1.54, 1.807) is 32.6 Å². The number of fused-ring (bicyclic) bond motifs is 5. The molecule has 0 saturated carbocycles. The Morgan fingerprint density at radius 1 is 1.12 bits per heavy atom. The first-order valence-corrected chi connectivity index (χ1v) is 14.0. The Hall–Kier alpha value is -4.71. The van der Waals surface area contributed by atoms with Gasteiger partial charge in [0.25, 0.3) is 0 Å². The standard InChI is InChI=1S/C30H31FN8O3/c1-32-22-10-17(31)9-18-24-26(38-7-5-15-4-6-37(3)23(15)14-38)20(12-34-28(24)36-25(18)22)16-8-19-27(40)21(30(41)42)13-39(33-2)29(19)35-11-16/h8-13,15,23,32-33H,4-7,14H2,1-3H3,(H,34,36)(H,41,42). The van der Waals surface area contributed by atoms with Crippen molar-refractivity contribution in [2.24, 2.45) is 5.92 Å². The van der Waals surface area contributed by atoms with Gasteiger partial charge in [0.15, 0.2) is 5.65 Å². The van der Waals surface area contributed by atoms with E-state index >= 15 is 0 Å². The molecule has 0 aliphatic carbocycles. The molecule has 4 aromatic heterocycles. The highest BCUT2D eigenvalue weighted by Gasteiger charge is 2.38. The lowest BCUT2D eigenvalue weighted by Crippen LogP contribution is -2.47. The zero-order valence-corrected chi connectivity index (χ0v) is 23.5. The molecule has 2 saturated heterocycles. The normalized spacial score (nSPS) is 19.1. The van der Waals surface area contributed by atoms with Crippen LogP contribution in [0.25, 0.3) is 44.1 Å². The molecule has 2 unspecified atom stereocenters. The Morgan fingerprint density at radius 3 is 2.69 bits per heavy atom. The Morgan fingerprint density at radius 2 is 1.93 bits per heavy atom. The number of carboxylic acids is 1. The number of hydrogen-bond acceptors (Lipinski definition) is 8. The van der Waals surface area contributed by atoms with Gasteiger partial charge in [-0.1, -0.05) is 0 Å². The van der Waals surface area contributed by atoms with Crippen LogP contribution in [0, 0.1) is 11.7 Å². The van der Waals surface area contributed by atoms with Gasteiger partial charge >= 0.3 is 5.97 Å². The van der Waals surface area contributed by atoms with Crippen LogP contribution in [0.2, 0.25) is 0 Å². The van der Waals surface area contributed by atoms with Crippen LogP contribution in [-0.4, -0.2) is 82.4 Å². The number of likely N-dealkylation sites (tertiary alicyclic amines) is 1. The van der Waals surface area contributed by atoms with E-state index in [0.29, 0.717) is 39.9 Å². The number of H-pyrrole nitrogens is 1. The molecule has 4 N–H and O–H groups in total. The van der Waals surface area contributed by atoms with E-state index < -0.39 is 11.4 Å². The number of carbonyl (C=O) groups is 1. The smallest absolute Gasteiger partial charge is 0.341 e. The molecule has 2 fully saturated rings. The molecule has 2 aliphatic rings. The Kier molecular flexibility index (Phi) is 6.05. The molecule has 6 heterocycles. The SMILES string of the molecule is CNc1cc(F)cc2c1[nH]c1ncc(-c3cnc4c(c3)c(=O)c(C(=O)O)cn4NC)c(N3CCC4CCN(C)C4C3)c12. The first kappa shape index (κ1) is 26.2. The minimum absolute atomic E-state index is 0.171. The molecule has 7 rings (SSSR count). The van der Waals surface area contributed by atoms with Gasteiger partial charge in [0.2, 0.25) is 5.43 Å². The van der Waals surface area contributed by atoms with Crippen LogP contribution in [0.3, 0.4) is 0 Å². The molecule has 1 aromatic carbocycles. The molecule has 2 aliphatic heterocycles. The van der Waals surface area contributed by atoms with Crippen LogP contribution < -0.4 is 21.1 Å². The first-order valence-electron chi connectivity index (χ1n) is 14.0. The minimum atomic E-state index is -1.32. The van der Waals surface area contributed by atoms with Crippen molar-refractivity contribution >= 4 is 50.3 Å². The number of pyridine rings is 3. The van der Waals surface area contributed by atoms with Crippen molar-refractivity contribution in [3.8, 4) is 11.1 Å². The molecule has 12 heteroatoms. The molecule has 0 radical (unpaired) electrons. The number of aromatic amines is 1. The number of aromatic nitrogens is 4. The number of aromatic carboxylic acids is 1. The van der Waals surface area contributed by atoms with E-state index in [1.165, 1.54) is 29.4 Å². The average Bonchev–Trinajstić information content (AvgIpc) is 3.56. The van der Waals surface area contributed by atoms with Crippen LogP contribution in [0.1, 0.15) is 23.2 Å². The Balaban J connectivity index is 1.52. The summed E-state index contributed by atoms with van der Waals surface area (Å²) in [5.74, 6) is -1.05. The molecule has 216 valence electrons. The molecular weight excluding hydrogens is 539 g/mol. The van der Waals surface area contributed by atoms with Gasteiger partial charge in [-0.05, 0) is 50.6 Å². The highest BCUT2D eigenvalue weighted by molar-refractivity contribution is 6.18. The molecule has 5 aromatic rings. The summed E-state index contributed by atoms with van der Waals surface area (Å²) in [7, 11) is 5.54. The van der Waals surface area contributed by atoms with Gasteiger partial charge in [-0.25, -0.2) is 23.8 Å². The van der Waals surface area contributed by atoms with Crippen LogP contribution in [0.4, 0.5) is 15.8 Å². The predicted molar refractivity (Wildman–Crippen MR) is 162 cm³/mol. The number of carboxylic acid groups (broad SMARTS) is 1. The van der Waals surface area contributed by atoms with Gasteiger partial charge in [0, 0.05) is 68.3 Å². The number of benzene rings is 1. The van der Waals surface area contributed by atoms with E-state index in [1.807, 2.05) is 0 Å². The van der Waals surface area contributed by atoms with Crippen LogP contribution in [-0.2, 0) is 0 Å². The molecule has 42 heavy (non-hydrogen) atoms. The second kappa shape index (κ2) is 9.69. The maximum Gasteiger partial charge on any atom is 0.341 e. The highest BCUT2D eigenvalue weighted by Crippen LogP contribution is 2.44. The summed E-state index contributed by atoms with van der Waals surface area (Å²) in [4.78, 5) is 42.6. The van der Waals surface area contributed by atoms with Gasteiger partial charge in [0.1, 0.15) is 17.0 Å². The van der Waals surface area contributed by atoms with Gasteiger partial charge in [0.05, 0.1) is 27.7 Å². The lowest BCUT2D eigenvalue weighted by molar-refractivity contribution is 0.0695. The largest absolute Gasteiger partial charge is 0.477 e. The number of anilines is 2. The second-order valence-electron chi connectivity index (χ2n) is 11.2. The third-order valence-corrected chi connectivity index (χ3v) is 9.02. The molecule has 2 atom stereocenters. The monoisotopic (exact) mass is 570 g/mol. The fourth-order valence-electron chi connectivity index (χ4n) is 6.88. The Bertz CT molecular complexity index is 1970. The number of hydrogen-bond donors (Lipinski definition) is 4. The maximum atomic E-state index is 14.9. The number of likely N-dealkylation sites (N-methyl/N-ethyl adjacent to an activating group) is 1. The van der Waals surface area contributed by atoms with Crippen molar-refractivity contribution in [3.05, 3.63) is 58.4 Å². The fourth-order valence-corrected chi connectivity index (χ4v) is 6.88. The summed E-state index contributed by atoms with van der Waals surface area (Å²) in [5, 5.41) is 14.4. The third kappa shape index (κ3) is 3.89. The van der Waals surface area contributed by atoms with E-state index in [-0.39, 0.29) is 16.8 Å².